The first kappa shape index (κ1) is 17.9. The van der Waals surface area contributed by atoms with E-state index in [9.17, 15) is 9.59 Å². The molecule has 3 N–H and O–H groups in total. The summed E-state index contributed by atoms with van der Waals surface area (Å²) in [6.07, 6.45) is 0. The van der Waals surface area contributed by atoms with Gasteiger partial charge in [-0.05, 0) is 36.2 Å². The number of hydrogen-bond donors (Lipinski definition) is 3. The van der Waals surface area contributed by atoms with Gasteiger partial charge in [0.1, 0.15) is 16.8 Å². The average Bonchev–Trinajstić information content (AvgIpc) is 2.72. The topological polar surface area (TPSA) is 79.5 Å². The summed E-state index contributed by atoms with van der Waals surface area (Å²) in [6.45, 7) is 3.83. The molecule has 2 aromatic carbocycles. The Bertz CT molecular complexity index is 852. The summed E-state index contributed by atoms with van der Waals surface area (Å²) in [6, 6.07) is 13.2. The third-order valence-electron chi connectivity index (χ3n) is 3.93. The fourth-order valence-corrected chi connectivity index (χ4v) is 2.86. The first-order valence-electron chi connectivity index (χ1n) is 8.23. The predicted molar refractivity (Wildman–Crippen MR) is 105 cm³/mol. The molecule has 0 saturated heterocycles. The number of carbonyl (C=O) groups is 2. The normalized spacial score (nSPS) is 16.2. The van der Waals surface area contributed by atoms with Crippen LogP contribution in [0.2, 0.25) is 0 Å². The average molecular weight is 369 g/mol. The van der Waals surface area contributed by atoms with Crippen LogP contribution < -0.4 is 20.7 Å². The molecule has 2 amide bonds. The molecule has 7 heteroatoms. The molecule has 0 bridgehead atoms. The number of benzene rings is 2. The largest absolute Gasteiger partial charge is 0.424 e. The molecule has 1 aliphatic heterocycles. The number of hydrogen-bond acceptors (Lipinski definition) is 4. The van der Waals surface area contributed by atoms with Gasteiger partial charge in [0, 0.05) is 11.4 Å². The molecule has 1 atom stereocenters. The summed E-state index contributed by atoms with van der Waals surface area (Å²) in [4.78, 5) is 24.8. The number of thiocarbonyl (C=S) groups is 1. The molecule has 0 saturated carbocycles. The number of esters is 1. The quantitative estimate of drug-likeness (QED) is 0.438. The SMILES string of the molecule is CC(C)[C@@H]1NC(=S)c2cc(NC(=O)Nc3ccccc3)ccc2OC1=O. The Hall–Kier alpha value is -2.93. The molecule has 0 unspecified atom stereocenters. The van der Waals surface area contributed by atoms with Crippen molar-refractivity contribution in [2.24, 2.45) is 5.92 Å². The maximum atomic E-state index is 12.2. The van der Waals surface area contributed by atoms with Gasteiger partial charge in [-0.2, -0.15) is 0 Å². The summed E-state index contributed by atoms with van der Waals surface area (Å²) in [5.41, 5.74) is 1.79. The highest BCUT2D eigenvalue weighted by atomic mass is 32.1. The third kappa shape index (κ3) is 4.00. The van der Waals surface area contributed by atoms with E-state index < -0.39 is 6.04 Å². The maximum Gasteiger partial charge on any atom is 0.334 e. The zero-order valence-corrected chi connectivity index (χ0v) is 15.2. The second kappa shape index (κ2) is 7.53. The lowest BCUT2D eigenvalue weighted by Gasteiger charge is -2.17. The molecule has 1 heterocycles. The fourth-order valence-electron chi connectivity index (χ4n) is 2.58. The van der Waals surface area contributed by atoms with Gasteiger partial charge >= 0.3 is 12.0 Å². The minimum atomic E-state index is -0.507. The van der Waals surface area contributed by atoms with E-state index in [1.165, 1.54) is 0 Å². The molecule has 1 aliphatic rings. The molecule has 0 aromatic heterocycles. The fraction of sp³-hybridized carbons (Fsp3) is 0.211. The zero-order chi connectivity index (χ0) is 18.7. The van der Waals surface area contributed by atoms with Crippen LogP contribution in [0.5, 0.6) is 5.75 Å². The van der Waals surface area contributed by atoms with Gasteiger partial charge in [0.05, 0.1) is 5.56 Å². The molecule has 0 aliphatic carbocycles. The van der Waals surface area contributed by atoms with Crippen LogP contribution in [0.3, 0.4) is 0 Å². The second-order valence-electron chi connectivity index (χ2n) is 6.27. The molecule has 3 rings (SSSR count). The van der Waals surface area contributed by atoms with E-state index in [1.807, 2.05) is 32.0 Å². The van der Waals surface area contributed by atoms with E-state index in [2.05, 4.69) is 16.0 Å². The molecule has 0 spiro atoms. The maximum absolute atomic E-state index is 12.2. The molecule has 0 radical (unpaired) electrons. The van der Waals surface area contributed by atoms with Crippen LogP contribution in [0.15, 0.2) is 48.5 Å². The number of fused-ring (bicyclic) bond motifs is 1. The van der Waals surface area contributed by atoms with Crippen molar-refractivity contribution in [2.75, 3.05) is 10.6 Å². The van der Waals surface area contributed by atoms with E-state index in [4.69, 9.17) is 17.0 Å². The van der Waals surface area contributed by atoms with Gasteiger partial charge in [-0.3, -0.25) is 0 Å². The number of rotatable bonds is 3. The summed E-state index contributed by atoms with van der Waals surface area (Å²) in [7, 11) is 0. The Kier molecular flexibility index (Phi) is 5.18. The zero-order valence-electron chi connectivity index (χ0n) is 14.4. The van der Waals surface area contributed by atoms with Gasteiger partial charge in [0.15, 0.2) is 0 Å². The summed E-state index contributed by atoms with van der Waals surface area (Å²) in [5, 5.41) is 8.52. The Morgan fingerprint density at radius 3 is 2.50 bits per heavy atom. The van der Waals surface area contributed by atoms with Crippen molar-refractivity contribution < 1.29 is 14.3 Å². The van der Waals surface area contributed by atoms with Gasteiger partial charge in [-0.1, -0.05) is 44.3 Å². The monoisotopic (exact) mass is 369 g/mol. The molecule has 2 aromatic rings. The Morgan fingerprint density at radius 2 is 1.81 bits per heavy atom. The van der Waals surface area contributed by atoms with Crippen molar-refractivity contribution in [3.8, 4) is 5.75 Å². The van der Waals surface area contributed by atoms with Crippen LogP contribution in [0.1, 0.15) is 19.4 Å². The predicted octanol–water partition coefficient (Wildman–Crippen LogP) is 3.54. The second-order valence-corrected chi connectivity index (χ2v) is 6.68. The van der Waals surface area contributed by atoms with Crippen LogP contribution in [0.4, 0.5) is 16.2 Å². The van der Waals surface area contributed by atoms with Crippen molar-refractivity contribution >= 4 is 40.6 Å². The minimum Gasteiger partial charge on any atom is -0.424 e. The molecule has 26 heavy (non-hydrogen) atoms. The Balaban J connectivity index is 1.77. The number of para-hydroxylation sites is 1. The van der Waals surface area contributed by atoms with E-state index in [0.29, 0.717) is 27.7 Å². The van der Waals surface area contributed by atoms with E-state index in [1.54, 1.807) is 30.3 Å². The highest BCUT2D eigenvalue weighted by Gasteiger charge is 2.30. The summed E-state index contributed by atoms with van der Waals surface area (Å²) < 4.78 is 5.44. The van der Waals surface area contributed by atoms with Crippen molar-refractivity contribution in [1.82, 2.24) is 5.32 Å². The summed E-state index contributed by atoms with van der Waals surface area (Å²) >= 11 is 5.40. The number of anilines is 2. The molecule has 6 nitrogen and oxygen atoms in total. The number of nitrogens with one attached hydrogen (secondary N) is 3. The number of carbonyl (C=O) groups excluding carboxylic acids is 2. The lowest BCUT2D eigenvalue weighted by molar-refractivity contribution is -0.137. The lowest BCUT2D eigenvalue weighted by Crippen LogP contribution is -2.43. The van der Waals surface area contributed by atoms with Gasteiger partial charge in [-0.15, -0.1) is 0 Å². The van der Waals surface area contributed by atoms with Gasteiger partial charge in [-0.25, -0.2) is 9.59 Å². The van der Waals surface area contributed by atoms with Crippen molar-refractivity contribution in [3.63, 3.8) is 0 Å². The molecular weight excluding hydrogens is 350 g/mol. The smallest absolute Gasteiger partial charge is 0.334 e. The number of ether oxygens (including phenoxy) is 1. The molecule has 0 fully saturated rings. The van der Waals surface area contributed by atoms with Crippen LogP contribution in [0.25, 0.3) is 0 Å². The number of urea groups is 1. The van der Waals surface area contributed by atoms with E-state index in [-0.39, 0.29) is 17.9 Å². The summed E-state index contributed by atoms with van der Waals surface area (Å²) in [5.74, 6) is 0.0392. The van der Waals surface area contributed by atoms with Gasteiger partial charge in [0.2, 0.25) is 0 Å². The highest BCUT2D eigenvalue weighted by Crippen LogP contribution is 2.27. The van der Waals surface area contributed by atoms with Gasteiger partial charge in [0.25, 0.3) is 0 Å². The van der Waals surface area contributed by atoms with Gasteiger partial charge < -0.3 is 20.7 Å². The lowest BCUT2D eigenvalue weighted by atomic mass is 10.0. The third-order valence-corrected chi connectivity index (χ3v) is 4.27. The van der Waals surface area contributed by atoms with Crippen molar-refractivity contribution in [3.05, 3.63) is 54.1 Å². The van der Waals surface area contributed by atoms with E-state index >= 15 is 0 Å². The number of amides is 2. The van der Waals surface area contributed by atoms with Crippen LogP contribution in [-0.4, -0.2) is 23.0 Å². The highest BCUT2D eigenvalue weighted by molar-refractivity contribution is 7.80. The van der Waals surface area contributed by atoms with Crippen LogP contribution in [0, 0.1) is 5.92 Å². The van der Waals surface area contributed by atoms with Crippen molar-refractivity contribution in [1.29, 1.82) is 0 Å². The van der Waals surface area contributed by atoms with Crippen LogP contribution in [-0.2, 0) is 4.79 Å². The standard InChI is InChI=1S/C19H19N3O3S/c1-11(2)16-18(23)25-15-9-8-13(10-14(15)17(26)22-16)21-19(24)20-12-6-4-3-5-7-12/h3-11,16H,1-2H3,(H,22,26)(H2,20,21,24)/t16-/m0/s1. The first-order valence-corrected chi connectivity index (χ1v) is 8.64. The van der Waals surface area contributed by atoms with Crippen LogP contribution >= 0.6 is 12.2 Å². The van der Waals surface area contributed by atoms with Crippen molar-refractivity contribution in [2.45, 2.75) is 19.9 Å². The Labute approximate surface area is 156 Å². The van der Waals surface area contributed by atoms with E-state index in [0.717, 1.165) is 0 Å². The molecular formula is C19H19N3O3S. The minimum absolute atomic E-state index is 0.0315. The Morgan fingerprint density at radius 1 is 1.12 bits per heavy atom. The first-order chi connectivity index (χ1) is 12.4. The molecule has 134 valence electrons.